The van der Waals surface area contributed by atoms with Crippen molar-refractivity contribution in [2.45, 2.75) is 33.0 Å². The molecule has 120 valence electrons. The normalized spacial score (nSPS) is 19.1. The van der Waals surface area contributed by atoms with Gasteiger partial charge in [-0.3, -0.25) is 9.58 Å². The largest absolute Gasteiger partial charge is 0.385 e. The van der Waals surface area contributed by atoms with Gasteiger partial charge in [0.05, 0.1) is 11.4 Å². The lowest BCUT2D eigenvalue weighted by atomic mass is 10.1. The maximum absolute atomic E-state index is 5.29. The Labute approximate surface area is 132 Å². The maximum atomic E-state index is 5.29. The number of hydrogen-bond donors (Lipinski definition) is 0. The van der Waals surface area contributed by atoms with Crippen molar-refractivity contribution in [3.05, 3.63) is 41.5 Å². The molecule has 0 saturated heterocycles. The summed E-state index contributed by atoms with van der Waals surface area (Å²) in [4.78, 5) is 2.54. The summed E-state index contributed by atoms with van der Waals surface area (Å²) in [5.74, 6) is 0.628. The van der Waals surface area contributed by atoms with Gasteiger partial charge >= 0.3 is 0 Å². The van der Waals surface area contributed by atoms with Crippen LogP contribution in [0.3, 0.4) is 0 Å². The summed E-state index contributed by atoms with van der Waals surface area (Å²) < 4.78 is 9.69. The number of aromatic nitrogens is 3. The predicted octanol–water partition coefficient (Wildman–Crippen LogP) is 2.20. The Kier molecular flexibility index (Phi) is 4.64. The molecular weight excluding hydrogens is 276 g/mol. The van der Waals surface area contributed by atoms with Gasteiger partial charge in [0, 0.05) is 58.8 Å². The van der Waals surface area contributed by atoms with E-state index in [0.29, 0.717) is 5.92 Å². The fraction of sp³-hybridized carbons (Fsp3) is 0.588. The summed E-state index contributed by atoms with van der Waals surface area (Å²) in [5, 5.41) is 4.47. The second kappa shape index (κ2) is 6.67. The molecule has 1 unspecified atom stereocenters. The average Bonchev–Trinajstić information content (AvgIpc) is 2.98. The van der Waals surface area contributed by atoms with Crippen LogP contribution in [0.5, 0.6) is 0 Å². The number of methoxy groups -OCH3 is 1. The number of ether oxygens (including phenoxy) is 1. The minimum absolute atomic E-state index is 0.628. The molecule has 3 rings (SSSR count). The lowest BCUT2D eigenvalue weighted by molar-refractivity contribution is 0.150. The molecule has 0 N–H and O–H groups in total. The molecule has 3 heterocycles. The third-order valence-corrected chi connectivity index (χ3v) is 4.50. The van der Waals surface area contributed by atoms with Crippen LogP contribution in [0.4, 0.5) is 0 Å². The predicted molar refractivity (Wildman–Crippen MR) is 86.5 cm³/mol. The van der Waals surface area contributed by atoms with E-state index in [1.165, 1.54) is 11.4 Å². The Morgan fingerprint density at radius 3 is 2.95 bits per heavy atom. The molecule has 2 aromatic heterocycles. The van der Waals surface area contributed by atoms with Crippen LogP contribution in [-0.4, -0.2) is 39.5 Å². The minimum atomic E-state index is 0.628. The van der Waals surface area contributed by atoms with E-state index in [1.54, 1.807) is 7.11 Å². The molecule has 0 bridgehead atoms. The van der Waals surface area contributed by atoms with Crippen LogP contribution in [0.1, 0.15) is 23.5 Å². The van der Waals surface area contributed by atoms with Crippen molar-refractivity contribution in [2.24, 2.45) is 13.0 Å². The third-order valence-electron chi connectivity index (χ3n) is 4.50. The topological polar surface area (TPSA) is 35.2 Å². The van der Waals surface area contributed by atoms with E-state index in [1.807, 2.05) is 11.7 Å². The molecule has 5 heteroatoms. The van der Waals surface area contributed by atoms with Gasteiger partial charge in [-0.2, -0.15) is 5.10 Å². The van der Waals surface area contributed by atoms with E-state index >= 15 is 0 Å². The number of rotatable bonds is 5. The summed E-state index contributed by atoms with van der Waals surface area (Å²) in [7, 11) is 3.82. The second-order valence-electron chi connectivity index (χ2n) is 6.37. The Balaban J connectivity index is 1.76. The molecule has 0 amide bonds. The SMILES string of the molecule is COCCC1CN(Cc2cc(C)nn2C)Cc2cccn2C1. The first kappa shape index (κ1) is 15.3. The lowest BCUT2D eigenvalue weighted by Crippen LogP contribution is -2.29. The summed E-state index contributed by atoms with van der Waals surface area (Å²) in [5.41, 5.74) is 3.77. The second-order valence-corrected chi connectivity index (χ2v) is 6.37. The average molecular weight is 302 g/mol. The van der Waals surface area contributed by atoms with Crippen molar-refractivity contribution in [2.75, 3.05) is 20.3 Å². The number of fused-ring (bicyclic) bond motifs is 1. The van der Waals surface area contributed by atoms with Crippen LogP contribution in [0, 0.1) is 12.8 Å². The zero-order valence-corrected chi connectivity index (χ0v) is 13.8. The molecule has 0 radical (unpaired) electrons. The van der Waals surface area contributed by atoms with Crippen molar-refractivity contribution in [3.63, 3.8) is 0 Å². The molecule has 0 aliphatic carbocycles. The van der Waals surface area contributed by atoms with Gasteiger partial charge in [0.25, 0.3) is 0 Å². The van der Waals surface area contributed by atoms with E-state index in [4.69, 9.17) is 4.74 Å². The van der Waals surface area contributed by atoms with Crippen molar-refractivity contribution in [1.29, 1.82) is 0 Å². The van der Waals surface area contributed by atoms with Crippen LogP contribution < -0.4 is 0 Å². The van der Waals surface area contributed by atoms with Crippen LogP contribution in [0.15, 0.2) is 24.4 Å². The van der Waals surface area contributed by atoms with Crippen molar-refractivity contribution in [3.8, 4) is 0 Å². The summed E-state index contributed by atoms with van der Waals surface area (Å²) in [6, 6.07) is 6.58. The quantitative estimate of drug-likeness (QED) is 0.849. The highest BCUT2D eigenvalue weighted by Crippen LogP contribution is 2.21. The number of aryl methyl sites for hydroxylation is 2. The molecule has 5 nitrogen and oxygen atoms in total. The van der Waals surface area contributed by atoms with Crippen LogP contribution in [0.2, 0.25) is 0 Å². The highest BCUT2D eigenvalue weighted by molar-refractivity contribution is 5.11. The van der Waals surface area contributed by atoms with Gasteiger partial charge in [0.15, 0.2) is 0 Å². The van der Waals surface area contributed by atoms with Gasteiger partial charge in [-0.05, 0) is 37.5 Å². The first-order chi connectivity index (χ1) is 10.7. The minimum Gasteiger partial charge on any atom is -0.385 e. The van der Waals surface area contributed by atoms with Gasteiger partial charge in [-0.1, -0.05) is 0 Å². The number of nitrogens with zero attached hydrogens (tertiary/aromatic N) is 4. The molecule has 0 saturated carbocycles. The van der Waals surface area contributed by atoms with E-state index in [-0.39, 0.29) is 0 Å². The molecule has 1 aliphatic heterocycles. The first-order valence-corrected chi connectivity index (χ1v) is 8.00. The molecule has 22 heavy (non-hydrogen) atoms. The monoisotopic (exact) mass is 302 g/mol. The molecule has 2 aromatic rings. The van der Waals surface area contributed by atoms with Gasteiger partial charge in [-0.15, -0.1) is 0 Å². The van der Waals surface area contributed by atoms with Crippen LogP contribution >= 0.6 is 0 Å². The van der Waals surface area contributed by atoms with Crippen molar-refractivity contribution < 1.29 is 4.74 Å². The van der Waals surface area contributed by atoms with Crippen molar-refractivity contribution >= 4 is 0 Å². The van der Waals surface area contributed by atoms with Gasteiger partial charge < -0.3 is 9.30 Å². The van der Waals surface area contributed by atoms with E-state index in [2.05, 4.69) is 45.9 Å². The molecule has 0 spiro atoms. The zero-order chi connectivity index (χ0) is 15.5. The Morgan fingerprint density at radius 2 is 2.23 bits per heavy atom. The molecule has 0 aromatic carbocycles. The van der Waals surface area contributed by atoms with Crippen LogP contribution in [-0.2, 0) is 31.4 Å². The number of hydrogen-bond acceptors (Lipinski definition) is 3. The summed E-state index contributed by atoms with van der Waals surface area (Å²) >= 11 is 0. The standard InChI is InChI=1S/C17H26N4O/c1-14-9-17(19(2)18-14)13-20-10-15(6-8-22-3)11-21-7-4-5-16(21)12-20/h4-5,7,9,15H,6,8,10-13H2,1-3H3. The third kappa shape index (κ3) is 3.42. The van der Waals surface area contributed by atoms with Gasteiger partial charge in [-0.25, -0.2) is 0 Å². The van der Waals surface area contributed by atoms with Gasteiger partial charge in [0.1, 0.15) is 0 Å². The molecular formula is C17H26N4O. The summed E-state index contributed by atoms with van der Waals surface area (Å²) in [6.45, 7) is 7.03. The highest BCUT2D eigenvalue weighted by atomic mass is 16.5. The van der Waals surface area contributed by atoms with Gasteiger partial charge in [0.2, 0.25) is 0 Å². The van der Waals surface area contributed by atoms with E-state index in [0.717, 1.165) is 44.9 Å². The highest BCUT2D eigenvalue weighted by Gasteiger charge is 2.22. The smallest absolute Gasteiger partial charge is 0.0597 e. The Morgan fingerprint density at radius 1 is 1.36 bits per heavy atom. The molecule has 0 fully saturated rings. The maximum Gasteiger partial charge on any atom is 0.0597 e. The lowest BCUT2D eigenvalue weighted by Gasteiger charge is -2.23. The summed E-state index contributed by atoms with van der Waals surface area (Å²) in [6.07, 6.45) is 3.31. The van der Waals surface area contributed by atoms with E-state index in [9.17, 15) is 0 Å². The Bertz CT molecular complexity index is 616. The molecule has 1 aliphatic rings. The molecule has 1 atom stereocenters. The fourth-order valence-corrected chi connectivity index (χ4v) is 3.39. The first-order valence-electron chi connectivity index (χ1n) is 8.00. The van der Waals surface area contributed by atoms with E-state index < -0.39 is 0 Å². The Hall–Kier alpha value is -1.59. The van der Waals surface area contributed by atoms with Crippen LogP contribution in [0.25, 0.3) is 0 Å². The fourth-order valence-electron chi connectivity index (χ4n) is 3.39. The zero-order valence-electron chi connectivity index (χ0n) is 13.8. The van der Waals surface area contributed by atoms with Crippen molar-refractivity contribution in [1.82, 2.24) is 19.2 Å².